The Morgan fingerprint density at radius 3 is 2.48 bits per heavy atom. The summed E-state index contributed by atoms with van der Waals surface area (Å²) in [5.74, 6) is -0.737. The predicted octanol–water partition coefficient (Wildman–Crippen LogP) is 5.30. The largest absolute Gasteiger partial charge is 0.462 e. The van der Waals surface area contributed by atoms with Crippen LogP contribution >= 0.6 is 23.2 Å². The number of esters is 1. The lowest BCUT2D eigenvalue weighted by atomic mass is 10.0. The first-order chi connectivity index (χ1) is 13.9. The van der Waals surface area contributed by atoms with Crippen LogP contribution in [0.4, 0.5) is 0 Å². The zero-order valence-corrected chi connectivity index (χ0v) is 17.8. The minimum absolute atomic E-state index is 0.229. The highest BCUT2D eigenvalue weighted by Gasteiger charge is 2.36. The quantitative estimate of drug-likeness (QED) is 0.462. The van der Waals surface area contributed by atoms with Crippen LogP contribution in [0.5, 0.6) is 0 Å². The van der Waals surface area contributed by atoms with Gasteiger partial charge in [0.1, 0.15) is 0 Å². The zero-order chi connectivity index (χ0) is 21.0. The van der Waals surface area contributed by atoms with Crippen LogP contribution in [-0.2, 0) is 20.7 Å². The number of allylic oxidation sites excluding steroid dienone is 1. The van der Waals surface area contributed by atoms with E-state index in [4.69, 9.17) is 27.9 Å². The third kappa shape index (κ3) is 4.72. The molecule has 0 aliphatic carbocycles. The van der Waals surface area contributed by atoms with Gasteiger partial charge in [0.15, 0.2) is 0 Å². The molecule has 0 fully saturated rings. The number of benzene rings is 2. The van der Waals surface area contributed by atoms with Crippen molar-refractivity contribution < 1.29 is 14.3 Å². The fraction of sp³-hybridized carbons (Fsp3) is 0.217. The van der Waals surface area contributed by atoms with Crippen LogP contribution in [0.1, 0.15) is 25.0 Å². The zero-order valence-electron chi connectivity index (χ0n) is 16.2. The van der Waals surface area contributed by atoms with Crippen molar-refractivity contribution in [3.63, 3.8) is 0 Å². The molecule has 0 aromatic heterocycles. The molecule has 0 unspecified atom stereocenters. The molecule has 0 atom stereocenters. The van der Waals surface area contributed by atoms with Gasteiger partial charge in [0.05, 0.1) is 27.8 Å². The summed E-state index contributed by atoms with van der Waals surface area (Å²) in [5.41, 5.74) is 2.98. The SMILES string of the molecule is CCOC(=O)C1=C(C)N(CCc2ccccc2)C(=O)/C1=C\c1ccc(Cl)c(Cl)c1. The molecule has 4 nitrogen and oxygen atoms in total. The molecule has 0 radical (unpaired) electrons. The van der Waals surface area contributed by atoms with Gasteiger partial charge < -0.3 is 9.64 Å². The van der Waals surface area contributed by atoms with E-state index in [1.807, 2.05) is 30.3 Å². The highest BCUT2D eigenvalue weighted by molar-refractivity contribution is 6.42. The number of hydrogen-bond acceptors (Lipinski definition) is 3. The molecule has 0 saturated carbocycles. The van der Waals surface area contributed by atoms with Crippen molar-refractivity contribution in [3.05, 3.63) is 86.5 Å². The molecule has 2 aromatic carbocycles. The molecule has 0 saturated heterocycles. The van der Waals surface area contributed by atoms with Gasteiger partial charge in [-0.05, 0) is 49.6 Å². The smallest absolute Gasteiger partial charge is 0.340 e. The maximum atomic E-state index is 13.2. The van der Waals surface area contributed by atoms with Crippen LogP contribution in [0.3, 0.4) is 0 Å². The van der Waals surface area contributed by atoms with Crippen molar-refractivity contribution >= 4 is 41.2 Å². The van der Waals surface area contributed by atoms with Crippen molar-refractivity contribution in [2.24, 2.45) is 0 Å². The van der Waals surface area contributed by atoms with E-state index < -0.39 is 5.97 Å². The molecule has 6 heteroatoms. The molecule has 0 spiro atoms. The lowest BCUT2D eigenvalue weighted by Crippen LogP contribution is -2.27. The summed E-state index contributed by atoms with van der Waals surface area (Å²) in [6, 6.07) is 15.0. The highest BCUT2D eigenvalue weighted by atomic mass is 35.5. The second kappa shape index (κ2) is 9.29. The van der Waals surface area contributed by atoms with Crippen molar-refractivity contribution in [3.8, 4) is 0 Å². The maximum absolute atomic E-state index is 13.2. The van der Waals surface area contributed by atoms with Gasteiger partial charge in [0.25, 0.3) is 5.91 Å². The molecule has 29 heavy (non-hydrogen) atoms. The molecule has 0 N–H and O–H groups in total. The van der Waals surface area contributed by atoms with Gasteiger partial charge >= 0.3 is 5.97 Å². The molecular formula is C23H21Cl2NO3. The first-order valence-corrected chi connectivity index (χ1v) is 10.1. The van der Waals surface area contributed by atoms with Gasteiger partial charge in [-0.3, -0.25) is 4.79 Å². The number of carbonyl (C=O) groups excluding carboxylic acids is 2. The Balaban J connectivity index is 1.95. The normalized spacial score (nSPS) is 15.4. The fourth-order valence-electron chi connectivity index (χ4n) is 3.25. The molecule has 1 aliphatic rings. The summed E-state index contributed by atoms with van der Waals surface area (Å²) < 4.78 is 5.20. The van der Waals surface area contributed by atoms with Gasteiger partial charge in [-0.15, -0.1) is 0 Å². The monoisotopic (exact) mass is 429 g/mol. The number of nitrogens with zero attached hydrogens (tertiary/aromatic N) is 1. The predicted molar refractivity (Wildman–Crippen MR) is 116 cm³/mol. The van der Waals surface area contributed by atoms with Gasteiger partial charge in [-0.2, -0.15) is 0 Å². The van der Waals surface area contributed by atoms with Gasteiger partial charge in [-0.1, -0.05) is 59.6 Å². The number of amides is 1. The maximum Gasteiger partial charge on any atom is 0.340 e. The van der Waals surface area contributed by atoms with Crippen molar-refractivity contribution in [1.82, 2.24) is 4.90 Å². The Morgan fingerprint density at radius 2 is 1.83 bits per heavy atom. The standard InChI is InChI=1S/C23H21Cl2NO3/c1-3-29-23(28)21-15(2)26(12-11-16-7-5-4-6-8-16)22(27)18(21)13-17-9-10-19(24)20(25)14-17/h4-10,13-14H,3,11-12H2,1-2H3/b18-13-. The average molecular weight is 430 g/mol. The minimum Gasteiger partial charge on any atom is -0.462 e. The summed E-state index contributed by atoms with van der Waals surface area (Å²) in [5, 5.41) is 0.805. The summed E-state index contributed by atoms with van der Waals surface area (Å²) in [6.07, 6.45) is 2.34. The van der Waals surface area contributed by atoms with E-state index in [1.54, 1.807) is 43.0 Å². The topological polar surface area (TPSA) is 46.6 Å². The number of halogens is 2. The number of ether oxygens (including phenoxy) is 1. The van der Waals surface area contributed by atoms with Crippen molar-refractivity contribution in [2.75, 3.05) is 13.2 Å². The average Bonchev–Trinajstić information content (AvgIpc) is 2.93. The van der Waals surface area contributed by atoms with E-state index in [0.717, 1.165) is 5.56 Å². The lowest BCUT2D eigenvalue weighted by molar-refractivity contribution is -0.138. The van der Waals surface area contributed by atoms with E-state index in [1.165, 1.54) is 0 Å². The molecule has 1 aliphatic heterocycles. The van der Waals surface area contributed by atoms with E-state index in [9.17, 15) is 9.59 Å². The van der Waals surface area contributed by atoms with Crippen LogP contribution in [0.25, 0.3) is 6.08 Å². The molecule has 3 rings (SSSR count). The summed E-state index contributed by atoms with van der Waals surface area (Å²) >= 11 is 12.1. The first kappa shape index (κ1) is 21.2. The Kier molecular flexibility index (Phi) is 6.78. The second-order valence-corrected chi connectivity index (χ2v) is 7.42. The number of hydrogen-bond donors (Lipinski definition) is 0. The number of rotatable bonds is 6. The van der Waals surface area contributed by atoms with Gasteiger partial charge in [-0.25, -0.2) is 4.79 Å². The second-order valence-electron chi connectivity index (χ2n) is 6.60. The highest BCUT2D eigenvalue weighted by Crippen LogP contribution is 2.33. The third-order valence-corrected chi connectivity index (χ3v) is 5.45. The Hall–Kier alpha value is -2.56. The first-order valence-electron chi connectivity index (χ1n) is 9.33. The van der Waals surface area contributed by atoms with E-state index in [2.05, 4.69) is 0 Å². The molecule has 1 heterocycles. The van der Waals surface area contributed by atoms with E-state index in [-0.39, 0.29) is 18.1 Å². The number of carbonyl (C=O) groups is 2. The molecular weight excluding hydrogens is 409 g/mol. The Bertz CT molecular complexity index is 996. The van der Waals surface area contributed by atoms with E-state index >= 15 is 0 Å². The van der Waals surface area contributed by atoms with Crippen LogP contribution in [0.2, 0.25) is 10.0 Å². The van der Waals surface area contributed by atoms with E-state index in [0.29, 0.717) is 39.8 Å². The van der Waals surface area contributed by atoms with Crippen LogP contribution in [0.15, 0.2) is 65.4 Å². The minimum atomic E-state index is -0.508. The third-order valence-electron chi connectivity index (χ3n) is 4.71. The van der Waals surface area contributed by atoms with Crippen molar-refractivity contribution in [1.29, 1.82) is 0 Å². The molecule has 1 amide bonds. The van der Waals surface area contributed by atoms with Crippen molar-refractivity contribution in [2.45, 2.75) is 20.3 Å². The molecule has 150 valence electrons. The van der Waals surface area contributed by atoms with Crippen LogP contribution < -0.4 is 0 Å². The molecule has 0 bridgehead atoms. The van der Waals surface area contributed by atoms with Gasteiger partial charge in [0, 0.05) is 12.2 Å². The Labute approximate surface area is 180 Å². The summed E-state index contributed by atoms with van der Waals surface area (Å²) in [6.45, 7) is 4.20. The fourth-order valence-corrected chi connectivity index (χ4v) is 3.56. The van der Waals surface area contributed by atoms with Gasteiger partial charge in [0.2, 0.25) is 0 Å². The summed E-state index contributed by atoms with van der Waals surface area (Å²) in [7, 11) is 0. The van der Waals surface area contributed by atoms with Crippen LogP contribution in [-0.4, -0.2) is 29.9 Å². The van der Waals surface area contributed by atoms with Crippen LogP contribution in [0, 0.1) is 0 Å². The molecule has 2 aromatic rings. The Morgan fingerprint density at radius 1 is 1.10 bits per heavy atom. The summed E-state index contributed by atoms with van der Waals surface area (Å²) in [4.78, 5) is 27.4. The lowest BCUT2D eigenvalue weighted by Gasteiger charge is -2.17.